The first-order chi connectivity index (χ1) is 9.85. The van der Waals surface area contributed by atoms with Crippen LogP contribution in [0, 0.1) is 0 Å². The number of hydrogen-bond donors (Lipinski definition) is 1. The van der Waals surface area contributed by atoms with Crippen LogP contribution in [0.2, 0.25) is 0 Å². The predicted molar refractivity (Wildman–Crippen MR) is 77.9 cm³/mol. The summed E-state index contributed by atoms with van der Waals surface area (Å²) in [6, 6.07) is 6.67. The van der Waals surface area contributed by atoms with Crippen LogP contribution in [0.25, 0.3) is 0 Å². The molecule has 0 fully saturated rings. The Bertz CT molecular complexity index is 581. The molecule has 3 rings (SSSR count). The smallest absolute Gasteiger partial charge is 0.321 e. The number of ether oxygens (including phenoxy) is 1. The molecule has 0 radical (unpaired) electrons. The second kappa shape index (κ2) is 6.01. The van der Waals surface area contributed by atoms with Crippen molar-refractivity contribution in [1.82, 2.24) is 9.97 Å². The largest absolute Gasteiger partial charge is 0.424 e. The van der Waals surface area contributed by atoms with Gasteiger partial charge >= 0.3 is 6.01 Å². The molecule has 0 amide bonds. The van der Waals surface area contributed by atoms with Gasteiger partial charge in [0, 0.05) is 12.4 Å². The van der Waals surface area contributed by atoms with E-state index >= 15 is 0 Å². The topological polar surface area (TPSA) is 61.0 Å². The van der Waals surface area contributed by atoms with Crippen molar-refractivity contribution in [3.05, 3.63) is 47.3 Å². The van der Waals surface area contributed by atoms with E-state index in [9.17, 15) is 0 Å². The van der Waals surface area contributed by atoms with E-state index in [1.807, 2.05) is 6.07 Å². The molecule has 1 heterocycles. The molecule has 20 heavy (non-hydrogen) atoms. The fraction of sp³-hybridized carbons (Fsp3) is 0.375. The highest BCUT2D eigenvalue weighted by molar-refractivity contribution is 5.38. The summed E-state index contributed by atoms with van der Waals surface area (Å²) in [5.74, 6) is 0.817. The van der Waals surface area contributed by atoms with E-state index < -0.39 is 0 Å². The Labute approximate surface area is 119 Å². The molecular weight excluding hydrogens is 250 g/mol. The summed E-state index contributed by atoms with van der Waals surface area (Å²) in [4.78, 5) is 8.43. The third-order valence-electron chi connectivity index (χ3n) is 3.64. The normalized spacial score (nSPS) is 13.8. The van der Waals surface area contributed by atoms with Crippen LogP contribution in [0.4, 0.5) is 0 Å². The fourth-order valence-corrected chi connectivity index (χ4v) is 2.57. The van der Waals surface area contributed by atoms with Gasteiger partial charge in [-0.1, -0.05) is 6.07 Å². The van der Waals surface area contributed by atoms with Crippen LogP contribution in [0.15, 0.2) is 30.6 Å². The minimum atomic E-state index is 0.390. The lowest BCUT2D eigenvalue weighted by Crippen LogP contribution is -2.04. The molecule has 0 bridgehead atoms. The number of hydrogen-bond acceptors (Lipinski definition) is 4. The molecule has 4 heteroatoms. The Kier molecular flexibility index (Phi) is 3.92. The van der Waals surface area contributed by atoms with Crippen molar-refractivity contribution in [1.29, 1.82) is 0 Å². The van der Waals surface area contributed by atoms with Crippen LogP contribution in [-0.4, -0.2) is 16.5 Å². The number of aryl methyl sites for hydroxylation is 2. The molecule has 104 valence electrons. The van der Waals surface area contributed by atoms with Crippen molar-refractivity contribution >= 4 is 0 Å². The van der Waals surface area contributed by atoms with E-state index in [2.05, 4.69) is 22.1 Å². The number of nitrogens with two attached hydrogens (primary N) is 1. The summed E-state index contributed by atoms with van der Waals surface area (Å²) in [5.41, 5.74) is 9.38. The molecule has 0 unspecified atom stereocenters. The zero-order valence-corrected chi connectivity index (χ0v) is 11.5. The van der Waals surface area contributed by atoms with E-state index in [4.69, 9.17) is 10.5 Å². The van der Waals surface area contributed by atoms with Gasteiger partial charge in [0.15, 0.2) is 0 Å². The number of aromatic nitrogens is 2. The van der Waals surface area contributed by atoms with Crippen LogP contribution in [0.1, 0.15) is 29.5 Å². The van der Waals surface area contributed by atoms with Gasteiger partial charge in [-0.25, -0.2) is 9.97 Å². The zero-order chi connectivity index (χ0) is 13.8. The Hall–Kier alpha value is -1.94. The van der Waals surface area contributed by atoms with E-state index in [-0.39, 0.29) is 0 Å². The van der Waals surface area contributed by atoms with Gasteiger partial charge in [0.25, 0.3) is 0 Å². The van der Waals surface area contributed by atoms with E-state index in [1.165, 1.54) is 30.4 Å². The van der Waals surface area contributed by atoms with Crippen molar-refractivity contribution in [2.24, 2.45) is 5.73 Å². The van der Waals surface area contributed by atoms with Crippen molar-refractivity contribution in [2.45, 2.75) is 32.1 Å². The maximum absolute atomic E-state index is 5.72. The van der Waals surface area contributed by atoms with E-state index in [1.54, 1.807) is 12.4 Å². The molecule has 1 aromatic heterocycles. The van der Waals surface area contributed by atoms with Crippen molar-refractivity contribution in [3.63, 3.8) is 0 Å². The molecule has 0 atom stereocenters. The highest BCUT2D eigenvalue weighted by atomic mass is 16.5. The monoisotopic (exact) mass is 269 g/mol. The van der Waals surface area contributed by atoms with Crippen molar-refractivity contribution < 1.29 is 4.74 Å². The summed E-state index contributed by atoms with van der Waals surface area (Å²) in [6.45, 7) is 0.606. The van der Waals surface area contributed by atoms with Gasteiger partial charge in [0.2, 0.25) is 0 Å². The van der Waals surface area contributed by atoms with Crippen LogP contribution in [0.5, 0.6) is 11.8 Å². The zero-order valence-electron chi connectivity index (χ0n) is 11.5. The molecule has 2 aromatic rings. The third kappa shape index (κ3) is 2.96. The fourth-order valence-electron chi connectivity index (χ4n) is 2.57. The third-order valence-corrected chi connectivity index (χ3v) is 3.64. The van der Waals surface area contributed by atoms with Gasteiger partial charge in [-0.15, -0.1) is 0 Å². The van der Waals surface area contributed by atoms with Gasteiger partial charge < -0.3 is 10.5 Å². The highest BCUT2D eigenvalue weighted by Crippen LogP contribution is 2.27. The number of rotatable bonds is 4. The van der Waals surface area contributed by atoms with Gasteiger partial charge in [0.05, 0.1) is 0 Å². The van der Waals surface area contributed by atoms with Gasteiger partial charge in [0.1, 0.15) is 5.75 Å². The van der Waals surface area contributed by atoms with Gasteiger partial charge in [-0.3, -0.25) is 0 Å². The molecular formula is C16H19N3O. The number of benzene rings is 1. The standard InChI is InChI=1S/C16H19N3O/c17-8-7-12-10-18-16(19-11-12)20-15-6-5-13-3-1-2-4-14(13)9-15/h5-6,9-11H,1-4,7-8,17H2. The molecule has 0 saturated heterocycles. The molecule has 1 aliphatic carbocycles. The lowest BCUT2D eigenvalue weighted by molar-refractivity contribution is 0.439. The molecule has 4 nitrogen and oxygen atoms in total. The second-order valence-corrected chi connectivity index (χ2v) is 5.15. The quantitative estimate of drug-likeness (QED) is 0.927. The Morgan fingerprint density at radius 1 is 1.05 bits per heavy atom. The maximum Gasteiger partial charge on any atom is 0.321 e. The highest BCUT2D eigenvalue weighted by Gasteiger charge is 2.10. The summed E-state index contributed by atoms with van der Waals surface area (Å²) >= 11 is 0. The molecule has 0 saturated carbocycles. The van der Waals surface area contributed by atoms with Crippen molar-refractivity contribution in [2.75, 3.05) is 6.54 Å². The first-order valence-electron chi connectivity index (χ1n) is 7.16. The molecule has 0 aliphatic heterocycles. The Morgan fingerprint density at radius 3 is 2.55 bits per heavy atom. The second-order valence-electron chi connectivity index (χ2n) is 5.15. The predicted octanol–water partition coefficient (Wildman–Crippen LogP) is 2.65. The summed E-state index contributed by atoms with van der Waals surface area (Å²) in [7, 11) is 0. The lowest BCUT2D eigenvalue weighted by Gasteiger charge is -2.16. The summed E-state index contributed by atoms with van der Waals surface area (Å²) < 4.78 is 5.72. The SMILES string of the molecule is NCCc1cnc(Oc2ccc3c(c2)CCCC3)nc1. The van der Waals surface area contributed by atoms with Crippen LogP contribution < -0.4 is 10.5 Å². The van der Waals surface area contributed by atoms with Crippen LogP contribution >= 0.6 is 0 Å². The Balaban J connectivity index is 1.73. The average Bonchev–Trinajstić information content (AvgIpc) is 2.49. The summed E-state index contributed by atoms with van der Waals surface area (Å²) in [6.07, 6.45) is 9.21. The van der Waals surface area contributed by atoms with Crippen LogP contribution in [0.3, 0.4) is 0 Å². The lowest BCUT2D eigenvalue weighted by atomic mass is 9.92. The first kappa shape index (κ1) is 13.1. The van der Waals surface area contributed by atoms with Gasteiger partial charge in [-0.2, -0.15) is 0 Å². The summed E-state index contributed by atoms with van der Waals surface area (Å²) in [5, 5.41) is 0. The number of fused-ring (bicyclic) bond motifs is 1. The first-order valence-corrected chi connectivity index (χ1v) is 7.16. The average molecular weight is 269 g/mol. The van der Waals surface area contributed by atoms with Crippen molar-refractivity contribution in [3.8, 4) is 11.8 Å². The maximum atomic E-state index is 5.72. The van der Waals surface area contributed by atoms with E-state index in [0.29, 0.717) is 12.6 Å². The molecule has 1 aliphatic rings. The number of nitrogens with zero attached hydrogens (tertiary/aromatic N) is 2. The van der Waals surface area contributed by atoms with Gasteiger partial charge in [-0.05, 0) is 67.5 Å². The minimum absolute atomic E-state index is 0.390. The van der Waals surface area contributed by atoms with Crippen LogP contribution in [-0.2, 0) is 19.3 Å². The Morgan fingerprint density at radius 2 is 1.80 bits per heavy atom. The molecule has 0 spiro atoms. The molecule has 1 aromatic carbocycles. The van der Waals surface area contributed by atoms with E-state index in [0.717, 1.165) is 24.2 Å². The minimum Gasteiger partial charge on any atom is -0.424 e. The molecule has 2 N–H and O–H groups in total.